The van der Waals surface area contributed by atoms with Crippen LogP contribution in [-0.2, 0) is 4.79 Å². The zero-order valence-corrected chi connectivity index (χ0v) is 10.7. The van der Waals surface area contributed by atoms with E-state index in [0.29, 0.717) is 17.3 Å². The summed E-state index contributed by atoms with van der Waals surface area (Å²) in [5.41, 5.74) is 6.23. The Hall–Kier alpha value is -2.63. The average Bonchev–Trinajstić information content (AvgIpc) is 2.43. The molecule has 1 aromatic carbocycles. The summed E-state index contributed by atoms with van der Waals surface area (Å²) in [4.78, 5) is 15.3. The molecule has 2 aromatic rings. The number of hydrogen-bond donors (Lipinski definition) is 2. The first-order chi connectivity index (χ1) is 9.65. The number of ether oxygens (including phenoxy) is 1. The van der Waals surface area contributed by atoms with Crippen LogP contribution in [0.4, 0.5) is 15.9 Å². The molecule has 1 aromatic heterocycles. The van der Waals surface area contributed by atoms with Gasteiger partial charge in [-0.15, -0.1) is 0 Å². The zero-order valence-electron chi connectivity index (χ0n) is 10.7. The molecule has 20 heavy (non-hydrogen) atoms. The number of rotatable bonds is 5. The summed E-state index contributed by atoms with van der Waals surface area (Å²) in [5.74, 6) is 0.125. The van der Waals surface area contributed by atoms with Crippen LogP contribution in [0, 0.1) is 5.82 Å². The highest BCUT2D eigenvalue weighted by molar-refractivity contribution is 5.89. The molecule has 2 rings (SSSR count). The Kier molecular flexibility index (Phi) is 4.49. The van der Waals surface area contributed by atoms with Crippen LogP contribution in [0.1, 0.15) is 6.42 Å². The molecule has 0 atom stereocenters. The van der Waals surface area contributed by atoms with Crippen molar-refractivity contribution < 1.29 is 13.9 Å². The summed E-state index contributed by atoms with van der Waals surface area (Å²) in [6, 6.07) is 9.67. The monoisotopic (exact) mass is 275 g/mol. The molecule has 0 aliphatic carbocycles. The number of pyridine rings is 1. The predicted octanol–water partition coefficient (Wildman–Crippen LogP) is 2.21. The van der Waals surface area contributed by atoms with Gasteiger partial charge in [0.2, 0.25) is 5.91 Å². The fourth-order valence-corrected chi connectivity index (χ4v) is 1.52. The zero-order chi connectivity index (χ0) is 14.4. The first-order valence-electron chi connectivity index (χ1n) is 6.04. The number of halogens is 1. The molecule has 1 heterocycles. The Balaban J connectivity index is 1.78. The summed E-state index contributed by atoms with van der Waals surface area (Å²) in [5, 5.41) is 2.54. The number of hydrogen-bond acceptors (Lipinski definition) is 4. The lowest BCUT2D eigenvalue weighted by Gasteiger charge is -2.08. The van der Waals surface area contributed by atoms with Gasteiger partial charge in [0.1, 0.15) is 17.4 Å². The van der Waals surface area contributed by atoms with Crippen molar-refractivity contribution in [2.45, 2.75) is 6.42 Å². The fraction of sp³-hybridized carbons (Fsp3) is 0.143. The first-order valence-corrected chi connectivity index (χ1v) is 6.04. The molecule has 0 unspecified atom stereocenters. The van der Waals surface area contributed by atoms with E-state index in [9.17, 15) is 9.18 Å². The van der Waals surface area contributed by atoms with E-state index in [0.717, 1.165) is 6.20 Å². The lowest BCUT2D eigenvalue weighted by Crippen LogP contribution is -2.16. The van der Waals surface area contributed by atoms with Crippen molar-refractivity contribution in [3.05, 3.63) is 48.4 Å². The molecule has 0 saturated heterocycles. The molecule has 1 amide bonds. The number of nitrogens with two attached hydrogens (primary N) is 1. The number of carbonyl (C=O) groups is 1. The first kappa shape index (κ1) is 13.8. The Morgan fingerprint density at radius 1 is 1.30 bits per heavy atom. The Labute approximate surface area is 115 Å². The molecule has 0 aliphatic rings. The van der Waals surface area contributed by atoms with E-state index in [1.807, 2.05) is 0 Å². The molecule has 0 spiro atoms. The van der Waals surface area contributed by atoms with Crippen LogP contribution in [0.15, 0.2) is 42.6 Å². The van der Waals surface area contributed by atoms with Crippen LogP contribution in [0.3, 0.4) is 0 Å². The van der Waals surface area contributed by atoms with Gasteiger partial charge in [-0.1, -0.05) is 12.1 Å². The number of amides is 1. The number of anilines is 2. The highest BCUT2D eigenvalue weighted by Gasteiger charge is 2.05. The van der Waals surface area contributed by atoms with Gasteiger partial charge in [-0.2, -0.15) is 0 Å². The normalized spacial score (nSPS) is 10.1. The number of aromatic nitrogens is 1. The third-order valence-corrected chi connectivity index (χ3v) is 2.50. The molecule has 6 heteroatoms. The minimum atomic E-state index is -0.453. The van der Waals surface area contributed by atoms with E-state index >= 15 is 0 Å². The van der Waals surface area contributed by atoms with Crippen LogP contribution in [0.5, 0.6) is 5.75 Å². The second kappa shape index (κ2) is 6.51. The van der Waals surface area contributed by atoms with Gasteiger partial charge in [0.25, 0.3) is 0 Å². The van der Waals surface area contributed by atoms with Gasteiger partial charge in [-0.25, -0.2) is 9.37 Å². The summed E-state index contributed by atoms with van der Waals surface area (Å²) < 4.78 is 18.0. The standard InChI is InChI=1S/C14H14FN3O2/c15-10-5-6-13(17-9-10)18-14(19)7-8-20-12-4-2-1-3-11(12)16/h1-6,9H,7-8,16H2,(H,17,18,19). The fourth-order valence-electron chi connectivity index (χ4n) is 1.52. The van der Waals surface area contributed by atoms with Crippen molar-refractivity contribution >= 4 is 17.4 Å². The number of nitrogen functional groups attached to an aromatic ring is 1. The Morgan fingerprint density at radius 3 is 2.80 bits per heavy atom. The number of benzene rings is 1. The van der Waals surface area contributed by atoms with Crippen LogP contribution < -0.4 is 15.8 Å². The Bertz CT molecular complexity index is 587. The maximum atomic E-state index is 12.6. The second-order valence-electron chi connectivity index (χ2n) is 4.05. The maximum absolute atomic E-state index is 12.6. The maximum Gasteiger partial charge on any atom is 0.228 e. The smallest absolute Gasteiger partial charge is 0.228 e. The lowest BCUT2D eigenvalue weighted by molar-refractivity contribution is -0.116. The van der Waals surface area contributed by atoms with Crippen molar-refractivity contribution in [1.29, 1.82) is 0 Å². The number of carbonyl (C=O) groups excluding carboxylic acids is 1. The van der Waals surface area contributed by atoms with Gasteiger partial charge >= 0.3 is 0 Å². The van der Waals surface area contributed by atoms with Crippen molar-refractivity contribution in [3.63, 3.8) is 0 Å². The number of nitrogens with one attached hydrogen (secondary N) is 1. The van der Waals surface area contributed by atoms with E-state index in [1.54, 1.807) is 24.3 Å². The van der Waals surface area contributed by atoms with Gasteiger partial charge in [-0.3, -0.25) is 4.79 Å². The van der Waals surface area contributed by atoms with Crippen molar-refractivity contribution in [3.8, 4) is 5.75 Å². The van der Waals surface area contributed by atoms with Gasteiger partial charge in [0.15, 0.2) is 0 Å². The van der Waals surface area contributed by atoms with E-state index in [2.05, 4.69) is 10.3 Å². The highest BCUT2D eigenvalue weighted by atomic mass is 19.1. The SMILES string of the molecule is Nc1ccccc1OCCC(=O)Nc1ccc(F)cn1. The van der Waals surface area contributed by atoms with Gasteiger partial charge in [0, 0.05) is 0 Å². The van der Waals surface area contributed by atoms with Crippen molar-refractivity contribution in [2.75, 3.05) is 17.7 Å². The second-order valence-corrected chi connectivity index (χ2v) is 4.05. The minimum Gasteiger partial charge on any atom is -0.491 e. The van der Waals surface area contributed by atoms with Gasteiger partial charge < -0.3 is 15.8 Å². The summed E-state index contributed by atoms with van der Waals surface area (Å²) in [7, 11) is 0. The van der Waals surface area contributed by atoms with Gasteiger partial charge in [-0.05, 0) is 24.3 Å². The predicted molar refractivity (Wildman–Crippen MR) is 73.8 cm³/mol. The summed E-state index contributed by atoms with van der Waals surface area (Å²) in [6.07, 6.45) is 1.18. The highest BCUT2D eigenvalue weighted by Crippen LogP contribution is 2.19. The van der Waals surface area contributed by atoms with Crippen molar-refractivity contribution in [1.82, 2.24) is 4.98 Å². The molecule has 0 bridgehead atoms. The van der Waals surface area contributed by atoms with Crippen LogP contribution >= 0.6 is 0 Å². The van der Waals surface area contributed by atoms with Gasteiger partial charge in [0.05, 0.1) is 24.9 Å². The van der Waals surface area contributed by atoms with Crippen LogP contribution in [0.25, 0.3) is 0 Å². The molecule has 0 aliphatic heterocycles. The summed E-state index contributed by atoms with van der Waals surface area (Å²) in [6.45, 7) is 0.196. The van der Waals surface area contributed by atoms with Crippen LogP contribution in [-0.4, -0.2) is 17.5 Å². The van der Waals surface area contributed by atoms with Crippen molar-refractivity contribution in [2.24, 2.45) is 0 Å². The molecule has 0 radical (unpaired) electrons. The number of para-hydroxylation sites is 2. The van der Waals surface area contributed by atoms with Crippen LogP contribution in [0.2, 0.25) is 0 Å². The van der Waals surface area contributed by atoms with E-state index < -0.39 is 5.82 Å². The molecular weight excluding hydrogens is 261 g/mol. The largest absolute Gasteiger partial charge is 0.491 e. The molecule has 104 valence electrons. The summed E-state index contributed by atoms with van der Waals surface area (Å²) >= 11 is 0. The topological polar surface area (TPSA) is 77.2 Å². The number of nitrogens with zero attached hydrogens (tertiary/aromatic N) is 1. The molecule has 3 N–H and O–H groups in total. The molecular formula is C14H14FN3O2. The quantitative estimate of drug-likeness (QED) is 0.820. The van der Waals surface area contributed by atoms with E-state index in [1.165, 1.54) is 12.1 Å². The molecule has 0 fully saturated rings. The molecule has 5 nitrogen and oxygen atoms in total. The Morgan fingerprint density at radius 2 is 2.10 bits per heavy atom. The average molecular weight is 275 g/mol. The minimum absolute atomic E-state index is 0.146. The molecule has 0 saturated carbocycles. The lowest BCUT2D eigenvalue weighted by atomic mass is 10.3. The van der Waals surface area contributed by atoms with E-state index in [4.69, 9.17) is 10.5 Å². The third-order valence-electron chi connectivity index (χ3n) is 2.50. The van der Waals surface area contributed by atoms with E-state index in [-0.39, 0.29) is 18.9 Å². The third kappa shape index (κ3) is 3.94.